The summed E-state index contributed by atoms with van der Waals surface area (Å²) in [7, 11) is 3.27. The Bertz CT molecular complexity index is 1630. The zero-order chi connectivity index (χ0) is 36.9. The third-order valence-corrected chi connectivity index (χ3v) is 8.78. The topological polar surface area (TPSA) is 149 Å². The molecule has 0 radical (unpaired) electrons. The first-order chi connectivity index (χ1) is 25.1. The minimum Gasteiger partial charge on any atom is -0.494 e. The van der Waals surface area contributed by atoms with E-state index in [2.05, 4.69) is 35.8 Å². The van der Waals surface area contributed by atoms with E-state index in [4.69, 9.17) is 18.9 Å². The Morgan fingerprint density at radius 3 is 2.38 bits per heavy atom. The number of nitrogens with one attached hydrogen (secondary N) is 3. The molecule has 6 rings (SSSR count). The van der Waals surface area contributed by atoms with E-state index in [0.29, 0.717) is 25.4 Å². The lowest BCUT2D eigenvalue weighted by Gasteiger charge is -2.34. The van der Waals surface area contributed by atoms with Crippen molar-refractivity contribution in [3.05, 3.63) is 53.6 Å². The van der Waals surface area contributed by atoms with Crippen LogP contribution in [0.3, 0.4) is 0 Å². The molecule has 6 bridgehead atoms. The fourth-order valence-electron chi connectivity index (χ4n) is 6.10. The maximum atomic E-state index is 13.8. The first kappa shape index (κ1) is 38.4. The number of alkyl halides is 3. The number of fused-ring (bicyclic) bond motifs is 12. The number of likely N-dealkylation sites (tertiary alicyclic amines) is 1. The van der Waals surface area contributed by atoms with Gasteiger partial charge in [-0.1, -0.05) is 37.8 Å². The molecule has 13 nitrogen and oxygen atoms in total. The Labute approximate surface area is 301 Å². The number of carbonyl (C=O) groups is 2. The van der Waals surface area contributed by atoms with Gasteiger partial charge in [0, 0.05) is 30.8 Å². The van der Waals surface area contributed by atoms with E-state index >= 15 is 0 Å². The van der Waals surface area contributed by atoms with E-state index in [-0.39, 0.29) is 35.7 Å². The summed E-state index contributed by atoms with van der Waals surface area (Å²) in [5.74, 6) is -0.313. The predicted octanol–water partition coefficient (Wildman–Crippen LogP) is 5.89. The molecule has 1 saturated heterocycles. The largest absolute Gasteiger partial charge is 0.494 e. The minimum absolute atomic E-state index is 0.0249. The zero-order valence-electron chi connectivity index (χ0n) is 29.5. The average Bonchev–Trinajstić information content (AvgIpc) is 3.12. The molecular formula is C36H46F3N7O6. The zero-order valence-corrected chi connectivity index (χ0v) is 29.5. The standard InChI is InChI=1S/C36H46F3N7O6/c1-46-17-9-10-25(22-46)30(32(48)49-2)42-31(47)28-16-13-26-20-29(28)51-19-8-6-4-3-5-7-18-50-27-14-11-24(12-15-27)21-40-33-43-34(41-26)45-35(44-33)52-23-36(37,38)39/h11-16,20,25,30H,3-10,17-19,21-23H2,1-2H3,(H,42,47)(H2,40,41,43,44,45). The molecule has 4 heterocycles. The molecule has 1 fully saturated rings. The monoisotopic (exact) mass is 729 g/mol. The molecule has 16 heteroatoms. The fraction of sp³-hybridized carbons (Fsp3) is 0.528. The van der Waals surface area contributed by atoms with Crippen LogP contribution in [0, 0.1) is 5.92 Å². The number of methoxy groups -OCH3 is 1. The average molecular weight is 730 g/mol. The Kier molecular flexibility index (Phi) is 13.7. The number of halogens is 3. The van der Waals surface area contributed by atoms with Gasteiger partial charge in [-0.3, -0.25) is 4.79 Å². The fourth-order valence-corrected chi connectivity index (χ4v) is 6.10. The van der Waals surface area contributed by atoms with Crippen LogP contribution in [0.25, 0.3) is 0 Å². The molecule has 52 heavy (non-hydrogen) atoms. The number of nitrogens with zero attached hydrogens (tertiary/aromatic N) is 4. The van der Waals surface area contributed by atoms with Crippen molar-refractivity contribution < 1.29 is 41.7 Å². The van der Waals surface area contributed by atoms with Crippen molar-refractivity contribution in [3.63, 3.8) is 0 Å². The van der Waals surface area contributed by atoms with E-state index in [1.54, 1.807) is 18.2 Å². The first-order valence-electron chi connectivity index (χ1n) is 17.6. The van der Waals surface area contributed by atoms with Gasteiger partial charge in [-0.05, 0) is 69.1 Å². The predicted molar refractivity (Wildman–Crippen MR) is 187 cm³/mol. The highest BCUT2D eigenvalue weighted by Crippen LogP contribution is 2.28. The van der Waals surface area contributed by atoms with Crippen molar-refractivity contribution in [2.45, 2.75) is 70.1 Å². The summed E-state index contributed by atoms with van der Waals surface area (Å²) < 4.78 is 61.0. The summed E-state index contributed by atoms with van der Waals surface area (Å²) in [4.78, 5) is 41.2. The quantitative estimate of drug-likeness (QED) is 0.260. The highest BCUT2D eigenvalue weighted by Gasteiger charge is 2.34. The molecule has 3 aromatic rings. The smallest absolute Gasteiger partial charge is 0.422 e. The second-order valence-electron chi connectivity index (χ2n) is 13.0. The first-order valence-corrected chi connectivity index (χ1v) is 17.6. The summed E-state index contributed by atoms with van der Waals surface area (Å²) in [6, 6.07) is 10.8. The van der Waals surface area contributed by atoms with Crippen LogP contribution < -0.4 is 30.2 Å². The molecule has 0 spiro atoms. The molecule has 3 aliphatic rings. The van der Waals surface area contributed by atoms with Crippen LogP contribution in [0.5, 0.6) is 17.5 Å². The number of hydrogen-bond donors (Lipinski definition) is 3. The number of ether oxygens (including phenoxy) is 4. The third kappa shape index (κ3) is 11.9. The summed E-state index contributed by atoms with van der Waals surface area (Å²) in [5, 5.41) is 8.88. The Morgan fingerprint density at radius 1 is 0.962 bits per heavy atom. The van der Waals surface area contributed by atoms with E-state index in [1.165, 1.54) is 7.11 Å². The van der Waals surface area contributed by atoms with Crippen LogP contribution in [0.4, 0.5) is 30.8 Å². The van der Waals surface area contributed by atoms with Gasteiger partial charge in [-0.2, -0.15) is 28.1 Å². The lowest BCUT2D eigenvalue weighted by molar-refractivity contribution is -0.154. The van der Waals surface area contributed by atoms with Crippen LogP contribution in [0.2, 0.25) is 0 Å². The highest BCUT2D eigenvalue weighted by atomic mass is 19.4. The van der Waals surface area contributed by atoms with Gasteiger partial charge in [0.25, 0.3) is 5.91 Å². The van der Waals surface area contributed by atoms with Gasteiger partial charge in [-0.15, -0.1) is 0 Å². The third-order valence-electron chi connectivity index (χ3n) is 8.78. The van der Waals surface area contributed by atoms with Gasteiger partial charge >= 0.3 is 18.2 Å². The number of piperidine rings is 1. The SMILES string of the molecule is COC(=O)C(NC(=O)c1ccc2cc1OCCCCCCCCOc1ccc(cc1)CNc1nc(nc(OCC(F)(F)F)n1)N2)C1CCCN(C)C1. The molecule has 1 amide bonds. The van der Waals surface area contributed by atoms with Crippen molar-refractivity contribution >= 4 is 29.5 Å². The molecule has 2 aromatic carbocycles. The van der Waals surface area contributed by atoms with Gasteiger partial charge < -0.3 is 39.8 Å². The van der Waals surface area contributed by atoms with E-state index in [9.17, 15) is 22.8 Å². The number of anilines is 3. The van der Waals surface area contributed by atoms with Gasteiger partial charge in [0.2, 0.25) is 11.9 Å². The Morgan fingerprint density at radius 2 is 1.67 bits per heavy atom. The number of aromatic nitrogens is 3. The van der Waals surface area contributed by atoms with Gasteiger partial charge in [0.1, 0.15) is 17.5 Å². The molecule has 3 aliphatic heterocycles. The van der Waals surface area contributed by atoms with Crippen molar-refractivity contribution in [2.75, 3.05) is 57.7 Å². The number of carbonyl (C=O) groups excluding carboxylic acids is 2. The Hall–Kier alpha value is -4.86. The molecule has 1 aromatic heterocycles. The maximum Gasteiger partial charge on any atom is 0.422 e. The molecule has 282 valence electrons. The summed E-state index contributed by atoms with van der Waals surface area (Å²) >= 11 is 0. The summed E-state index contributed by atoms with van der Waals surface area (Å²) in [6.07, 6.45) is 2.70. The van der Waals surface area contributed by atoms with E-state index in [0.717, 1.165) is 69.2 Å². The van der Waals surface area contributed by atoms with Crippen molar-refractivity contribution in [2.24, 2.45) is 5.92 Å². The molecule has 0 saturated carbocycles. The lowest BCUT2D eigenvalue weighted by Crippen LogP contribution is -2.51. The normalized spacial score (nSPS) is 18.4. The second-order valence-corrected chi connectivity index (χ2v) is 13.0. The van der Waals surface area contributed by atoms with Gasteiger partial charge in [0.15, 0.2) is 6.61 Å². The number of benzene rings is 2. The number of hydrogen-bond acceptors (Lipinski definition) is 12. The van der Waals surface area contributed by atoms with Crippen LogP contribution in [-0.4, -0.2) is 91.0 Å². The molecule has 2 unspecified atom stereocenters. The maximum absolute atomic E-state index is 13.8. The number of esters is 1. The molecule has 3 N–H and O–H groups in total. The van der Waals surface area contributed by atoms with Crippen molar-refractivity contribution in [3.8, 4) is 17.5 Å². The Balaban J connectivity index is 1.42. The second kappa shape index (κ2) is 18.6. The van der Waals surface area contributed by atoms with Crippen LogP contribution >= 0.6 is 0 Å². The molecule has 0 aliphatic carbocycles. The number of amides is 1. The van der Waals surface area contributed by atoms with Gasteiger partial charge in [0.05, 0.1) is 25.9 Å². The van der Waals surface area contributed by atoms with Gasteiger partial charge in [-0.25, -0.2) is 4.79 Å². The number of rotatable bonds is 6. The van der Waals surface area contributed by atoms with Crippen LogP contribution in [0.15, 0.2) is 42.5 Å². The van der Waals surface area contributed by atoms with E-state index in [1.807, 2.05) is 31.3 Å². The van der Waals surface area contributed by atoms with E-state index < -0.39 is 36.7 Å². The highest BCUT2D eigenvalue weighted by molar-refractivity contribution is 5.99. The minimum atomic E-state index is -4.61. The summed E-state index contributed by atoms with van der Waals surface area (Å²) in [6.45, 7) is 1.12. The van der Waals surface area contributed by atoms with Crippen LogP contribution in [0.1, 0.15) is 67.3 Å². The summed E-state index contributed by atoms with van der Waals surface area (Å²) in [5.41, 5.74) is 1.45. The van der Waals surface area contributed by atoms with Crippen LogP contribution in [-0.2, 0) is 16.1 Å². The molecule has 2 atom stereocenters. The lowest BCUT2D eigenvalue weighted by atomic mass is 9.90. The van der Waals surface area contributed by atoms with Crippen molar-refractivity contribution in [1.29, 1.82) is 0 Å². The van der Waals surface area contributed by atoms with Crippen molar-refractivity contribution in [1.82, 2.24) is 25.2 Å². The molecular weight excluding hydrogens is 683 g/mol.